The number of aromatic nitrogens is 2. The maximum Gasteiger partial charge on any atom is 0.199 e. The molecule has 0 spiro atoms. The van der Waals surface area contributed by atoms with Gasteiger partial charge < -0.3 is 0 Å². The molecule has 0 N–H and O–H groups in total. The van der Waals surface area contributed by atoms with Gasteiger partial charge >= 0.3 is 0 Å². The lowest BCUT2D eigenvalue weighted by molar-refractivity contribution is 0.416. The molecule has 15 heavy (non-hydrogen) atoms. The van der Waals surface area contributed by atoms with Crippen molar-refractivity contribution in [3.8, 4) is 0 Å². The fraction of sp³-hybridized carbons (Fsp3) is 0.111. The molecule has 78 valence electrons. The molecule has 0 bridgehead atoms. The third-order valence-electron chi connectivity index (χ3n) is 1.89. The van der Waals surface area contributed by atoms with Crippen molar-refractivity contribution >= 4 is 11.0 Å². The van der Waals surface area contributed by atoms with Crippen molar-refractivity contribution in [2.24, 2.45) is 0 Å². The summed E-state index contributed by atoms with van der Waals surface area (Å²) in [6.45, 7) is 1.48. The molecular weight excluding hydrogens is 212 g/mol. The molecular formula is C9H4F4N2. The van der Waals surface area contributed by atoms with Gasteiger partial charge in [-0.25, -0.2) is 27.5 Å². The molecule has 2 nitrogen and oxygen atoms in total. The monoisotopic (exact) mass is 216 g/mol. The van der Waals surface area contributed by atoms with E-state index in [1.165, 1.54) is 6.92 Å². The van der Waals surface area contributed by atoms with Crippen LogP contribution in [0, 0.1) is 30.2 Å². The quantitative estimate of drug-likeness (QED) is 0.384. The van der Waals surface area contributed by atoms with Crippen molar-refractivity contribution in [2.45, 2.75) is 6.92 Å². The minimum Gasteiger partial charge on any atom is -0.249 e. The highest BCUT2D eigenvalue weighted by Crippen LogP contribution is 2.23. The first-order valence-corrected chi connectivity index (χ1v) is 3.97. The van der Waals surface area contributed by atoms with Gasteiger partial charge in [0.2, 0.25) is 0 Å². The van der Waals surface area contributed by atoms with Crippen molar-refractivity contribution in [2.75, 3.05) is 0 Å². The van der Waals surface area contributed by atoms with Crippen LogP contribution in [0.3, 0.4) is 0 Å². The molecule has 0 unspecified atom stereocenters. The number of benzene rings is 1. The minimum absolute atomic E-state index is 0.284. The predicted molar refractivity (Wildman–Crippen MR) is 44.1 cm³/mol. The summed E-state index contributed by atoms with van der Waals surface area (Å²) >= 11 is 0. The number of hydrogen-bond donors (Lipinski definition) is 0. The second-order valence-electron chi connectivity index (χ2n) is 2.96. The minimum atomic E-state index is -1.88. The van der Waals surface area contributed by atoms with Crippen LogP contribution in [0.15, 0.2) is 6.20 Å². The summed E-state index contributed by atoms with van der Waals surface area (Å²) < 4.78 is 51.8. The molecule has 0 atom stereocenters. The van der Waals surface area contributed by atoms with Crippen molar-refractivity contribution in [1.82, 2.24) is 9.97 Å². The van der Waals surface area contributed by atoms with E-state index >= 15 is 0 Å². The van der Waals surface area contributed by atoms with Crippen molar-refractivity contribution < 1.29 is 17.6 Å². The molecule has 0 amide bonds. The van der Waals surface area contributed by atoms with Crippen LogP contribution < -0.4 is 0 Å². The summed E-state index contributed by atoms with van der Waals surface area (Å²) in [7, 11) is 0. The Kier molecular flexibility index (Phi) is 2.06. The SMILES string of the molecule is Cc1cnc2c(F)c(F)c(F)c(F)c2n1. The summed E-state index contributed by atoms with van der Waals surface area (Å²) in [5.74, 6) is -6.81. The molecule has 0 fully saturated rings. The fourth-order valence-corrected chi connectivity index (χ4v) is 1.19. The van der Waals surface area contributed by atoms with Gasteiger partial charge in [-0.05, 0) is 6.92 Å². The highest BCUT2D eigenvalue weighted by Gasteiger charge is 2.22. The Labute approximate surface area is 81.6 Å². The number of halogens is 4. The van der Waals surface area contributed by atoms with Crippen molar-refractivity contribution in [1.29, 1.82) is 0 Å². The molecule has 0 radical (unpaired) electrons. The zero-order valence-corrected chi connectivity index (χ0v) is 7.48. The summed E-state index contributed by atoms with van der Waals surface area (Å²) in [4.78, 5) is 7.01. The zero-order valence-electron chi connectivity index (χ0n) is 7.48. The van der Waals surface area contributed by atoms with Crippen LogP contribution >= 0.6 is 0 Å². The predicted octanol–water partition coefficient (Wildman–Crippen LogP) is 2.49. The van der Waals surface area contributed by atoms with E-state index < -0.39 is 34.3 Å². The maximum atomic E-state index is 13.1. The van der Waals surface area contributed by atoms with E-state index in [9.17, 15) is 17.6 Å². The van der Waals surface area contributed by atoms with E-state index in [0.717, 1.165) is 6.20 Å². The van der Waals surface area contributed by atoms with Gasteiger partial charge in [0.25, 0.3) is 0 Å². The smallest absolute Gasteiger partial charge is 0.199 e. The third-order valence-corrected chi connectivity index (χ3v) is 1.89. The van der Waals surface area contributed by atoms with Gasteiger partial charge in [0.05, 0.1) is 5.69 Å². The number of fused-ring (bicyclic) bond motifs is 1. The molecule has 0 aliphatic carbocycles. The zero-order chi connectivity index (χ0) is 11.2. The van der Waals surface area contributed by atoms with Crippen LogP contribution in [0.1, 0.15) is 5.69 Å². The number of rotatable bonds is 0. The highest BCUT2D eigenvalue weighted by atomic mass is 19.2. The first kappa shape index (κ1) is 9.82. The largest absolute Gasteiger partial charge is 0.249 e. The molecule has 6 heteroatoms. The molecule has 1 aromatic heterocycles. The second kappa shape index (κ2) is 3.15. The Morgan fingerprint density at radius 1 is 0.867 bits per heavy atom. The number of hydrogen-bond acceptors (Lipinski definition) is 2. The summed E-state index contributed by atoms with van der Waals surface area (Å²) in [5, 5.41) is 0. The van der Waals surface area contributed by atoms with Crippen molar-refractivity contribution in [3.05, 3.63) is 35.2 Å². The van der Waals surface area contributed by atoms with Gasteiger partial charge in [-0.15, -0.1) is 0 Å². The lowest BCUT2D eigenvalue weighted by Crippen LogP contribution is -2.01. The van der Waals surface area contributed by atoms with Crippen LogP contribution in [-0.2, 0) is 0 Å². The van der Waals surface area contributed by atoms with Gasteiger partial charge in [-0.1, -0.05) is 0 Å². The Hall–Kier alpha value is -1.72. The van der Waals surface area contributed by atoms with E-state index in [4.69, 9.17) is 0 Å². The van der Waals surface area contributed by atoms with E-state index in [2.05, 4.69) is 9.97 Å². The molecule has 1 heterocycles. The average Bonchev–Trinajstić information content (AvgIpc) is 2.23. The van der Waals surface area contributed by atoms with Crippen LogP contribution in [0.25, 0.3) is 11.0 Å². The van der Waals surface area contributed by atoms with Gasteiger partial charge in [-0.3, -0.25) is 0 Å². The Morgan fingerprint density at radius 2 is 1.40 bits per heavy atom. The summed E-state index contributed by atoms with van der Waals surface area (Å²) in [5.41, 5.74) is -0.935. The van der Waals surface area contributed by atoms with Gasteiger partial charge in [0.1, 0.15) is 11.0 Å². The first-order valence-electron chi connectivity index (χ1n) is 3.97. The molecule has 0 saturated heterocycles. The van der Waals surface area contributed by atoms with Crippen LogP contribution in [0.4, 0.5) is 17.6 Å². The Bertz CT molecular complexity index is 554. The molecule has 0 aliphatic heterocycles. The molecule has 0 aliphatic rings. The molecule has 2 rings (SSSR count). The highest BCUT2D eigenvalue weighted by molar-refractivity contribution is 5.75. The molecule has 0 saturated carbocycles. The summed E-state index contributed by atoms with van der Waals surface area (Å²) in [6.07, 6.45) is 1.14. The molecule has 2 aromatic rings. The van der Waals surface area contributed by atoms with Crippen LogP contribution in [0.5, 0.6) is 0 Å². The first-order chi connectivity index (χ1) is 7.02. The fourth-order valence-electron chi connectivity index (χ4n) is 1.19. The number of nitrogens with zero attached hydrogens (tertiary/aromatic N) is 2. The second-order valence-corrected chi connectivity index (χ2v) is 2.96. The van der Waals surface area contributed by atoms with Gasteiger partial charge in [-0.2, -0.15) is 0 Å². The Morgan fingerprint density at radius 3 is 2.00 bits per heavy atom. The van der Waals surface area contributed by atoms with E-state index in [1.54, 1.807) is 0 Å². The topological polar surface area (TPSA) is 25.8 Å². The lowest BCUT2D eigenvalue weighted by Gasteiger charge is -2.03. The number of aryl methyl sites for hydroxylation is 1. The summed E-state index contributed by atoms with van der Waals surface area (Å²) in [6, 6.07) is 0. The van der Waals surface area contributed by atoms with Gasteiger partial charge in [0, 0.05) is 6.20 Å². The third kappa shape index (κ3) is 1.33. The van der Waals surface area contributed by atoms with Crippen LogP contribution in [-0.4, -0.2) is 9.97 Å². The Balaban J connectivity index is 3.00. The standard InChI is InChI=1S/C9H4F4N2/c1-3-2-14-8-6(12)4(10)5(11)7(13)9(8)15-3/h2H,1H3. The average molecular weight is 216 g/mol. The molecule has 1 aromatic carbocycles. The normalized spacial score (nSPS) is 11.0. The van der Waals surface area contributed by atoms with E-state index in [1.807, 2.05) is 0 Å². The lowest BCUT2D eigenvalue weighted by atomic mass is 10.2. The van der Waals surface area contributed by atoms with E-state index in [-0.39, 0.29) is 5.69 Å². The van der Waals surface area contributed by atoms with Crippen molar-refractivity contribution in [3.63, 3.8) is 0 Å². The maximum absolute atomic E-state index is 13.1. The van der Waals surface area contributed by atoms with Crippen LogP contribution in [0.2, 0.25) is 0 Å². The van der Waals surface area contributed by atoms with E-state index in [0.29, 0.717) is 0 Å². The van der Waals surface area contributed by atoms with Gasteiger partial charge in [0.15, 0.2) is 23.3 Å².